The first-order valence-electron chi connectivity index (χ1n) is 9.39. The molecule has 2 aliphatic rings. The molecule has 0 bridgehead atoms. The van der Waals surface area contributed by atoms with Crippen LogP contribution in [0.5, 0.6) is 0 Å². The molecule has 1 saturated heterocycles. The minimum Gasteiger partial charge on any atom is -0.347 e. The van der Waals surface area contributed by atoms with Gasteiger partial charge < -0.3 is 5.32 Å². The van der Waals surface area contributed by atoms with Gasteiger partial charge in [-0.3, -0.25) is 9.59 Å². The fourth-order valence-electron chi connectivity index (χ4n) is 3.92. The summed E-state index contributed by atoms with van der Waals surface area (Å²) in [4.78, 5) is 29.9. The molecule has 140 valence electrons. The number of carbonyl (C=O) groups excluding carboxylic acids is 2. The minimum atomic E-state index is -0.246. The Morgan fingerprint density at radius 3 is 2.11 bits per heavy atom. The summed E-state index contributed by atoms with van der Waals surface area (Å²) in [6.45, 7) is 0. The molecule has 3 heterocycles. The van der Waals surface area contributed by atoms with Gasteiger partial charge in [-0.1, -0.05) is 60.7 Å². The van der Waals surface area contributed by atoms with Gasteiger partial charge in [0.1, 0.15) is 0 Å². The van der Waals surface area contributed by atoms with Gasteiger partial charge in [-0.2, -0.15) is 4.98 Å². The van der Waals surface area contributed by atoms with E-state index in [2.05, 4.69) is 39.7 Å². The Hall–Kier alpha value is -3.48. The number of carbonyl (C=O) groups is 2. The van der Waals surface area contributed by atoms with Gasteiger partial charge >= 0.3 is 0 Å². The molecule has 0 saturated carbocycles. The zero-order valence-corrected chi connectivity index (χ0v) is 15.2. The predicted octanol–water partition coefficient (Wildman–Crippen LogP) is 3.08. The lowest BCUT2D eigenvalue weighted by molar-refractivity contribution is -0.121. The van der Waals surface area contributed by atoms with E-state index < -0.39 is 0 Å². The van der Waals surface area contributed by atoms with E-state index in [0.717, 1.165) is 22.4 Å². The van der Waals surface area contributed by atoms with Gasteiger partial charge in [0.15, 0.2) is 0 Å². The molecule has 7 heteroatoms. The van der Waals surface area contributed by atoms with Crippen LogP contribution < -0.4 is 10.2 Å². The molecule has 2 amide bonds. The van der Waals surface area contributed by atoms with Gasteiger partial charge in [0, 0.05) is 12.8 Å². The Labute approximate surface area is 162 Å². The van der Waals surface area contributed by atoms with Gasteiger partial charge in [0.05, 0.1) is 12.1 Å². The van der Waals surface area contributed by atoms with Crippen LogP contribution in [0.1, 0.15) is 42.5 Å². The molecule has 7 nitrogen and oxygen atoms in total. The highest BCUT2D eigenvalue weighted by Gasteiger charge is 2.37. The number of hydrogen-bond acceptors (Lipinski definition) is 5. The normalized spacial score (nSPS) is 21.5. The third-order valence-corrected chi connectivity index (χ3v) is 5.32. The minimum absolute atomic E-state index is 0.0447. The molecule has 2 aliphatic heterocycles. The number of nitrogens with zero attached hydrogens (tertiary/aromatic N) is 4. The summed E-state index contributed by atoms with van der Waals surface area (Å²) in [5.74, 6) is 0.230. The maximum absolute atomic E-state index is 12.1. The maximum Gasteiger partial charge on any atom is 0.260 e. The summed E-state index contributed by atoms with van der Waals surface area (Å²) in [5, 5.41) is 7.97. The third kappa shape index (κ3) is 2.76. The summed E-state index contributed by atoms with van der Waals surface area (Å²) < 4.78 is 1.79. The van der Waals surface area contributed by atoms with Crippen molar-refractivity contribution in [1.82, 2.24) is 14.8 Å². The van der Waals surface area contributed by atoms with E-state index in [1.807, 2.05) is 36.4 Å². The van der Waals surface area contributed by atoms with Crippen LogP contribution in [0.2, 0.25) is 0 Å². The maximum atomic E-state index is 12.1. The number of nitrogens with one attached hydrogen (secondary N) is 1. The van der Waals surface area contributed by atoms with E-state index >= 15 is 0 Å². The van der Waals surface area contributed by atoms with Crippen LogP contribution in [-0.2, 0) is 9.59 Å². The average Bonchev–Trinajstić information content (AvgIpc) is 3.30. The number of hydrogen-bond donors (Lipinski definition) is 1. The van der Waals surface area contributed by atoms with Crippen molar-refractivity contribution in [3.8, 4) is 0 Å². The van der Waals surface area contributed by atoms with Crippen molar-refractivity contribution in [1.29, 1.82) is 0 Å². The first-order chi connectivity index (χ1) is 13.7. The van der Waals surface area contributed by atoms with E-state index in [1.54, 1.807) is 4.68 Å². The molecule has 5 rings (SSSR count). The number of fused-ring (bicyclic) bond motifs is 1. The number of imide groups is 1. The summed E-state index contributed by atoms with van der Waals surface area (Å²) in [6, 6.07) is 20.3. The molecule has 0 radical (unpaired) electrons. The number of amides is 2. The molecule has 0 aliphatic carbocycles. The second-order valence-electron chi connectivity index (χ2n) is 7.07. The summed E-state index contributed by atoms with van der Waals surface area (Å²) in [6.07, 6.45) is 1.21. The number of aromatic nitrogens is 3. The van der Waals surface area contributed by atoms with Gasteiger partial charge in [-0.25, -0.2) is 9.58 Å². The zero-order valence-electron chi connectivity index (χ0n) is 15.2. The lowest BCUT2D eigenvalue weighted by atomic mass is 9.93. The van der Waals surface area contributed by atoms with Crippen LogP contribution in [0.15, 0.2) is 60.7 Å². The van der Waals surface area contributed by atoms with Crippen molar-refractivity contribution in [2.45, 2.75) is 31.3 Å². The van der Waals surface area contributed by atoms with Crippen molar-refractivity contribution >= 4 is 23.7 Å². The Bertz CT molecular complexity index is 1020. The number of benzene rings is 2. The summed E-state index contributed by atoms with van der Waals surface area (Å²) >= 11 is 0. The highest BCUT2D eigenvalue weighted by atomic mass is 16.2. The molecule has 2 atom stereocenters. The number of rotatable bonds is 3. The first kappa shape index (κ1) is 16.7. The molecule has 28 heavy (non-hydrogen) atoms. The van der Waals surface area contributed by atoms with Crippen LogP contribution >= 0.6 is 0 Å². The predicted molar refractivity (Wildman–Crippen MR) is 104 cm³/mol. The quantitative estimate of drug-likeness (QED) is 0.714. The average molecular weight is 373 g/mol. The van der Waals surface area contributed by atoms with Crippen LogP contribution in [0.3, 0.4) is 0 Å². The second kappa shape index (κ2) is 6.60. The standard InChI is InChI=1S/C21H19N5O2/c27-18-11-12-19(28)25(18)21-23-20-22-16(14-7-3-1-4-8-14)13-17(26(20)24-21)15-9-5-2-6-10-15/h1-10,16-17H,11-13H2,(H,22,23,24)/t16-,17+/m1/s1. The smallest absolute Gasteiger partial charge is 0.260 e. The highest BCUT2D eigenvalue weighted by molar-refractivity contribution is 6.18. The van der Waals surface area contributed by atoms with Crippen molar-refractivity contribution < 1.29 is 9.59 Å². The van der Waals surface area contributed by atoms with Crippen LogP contribution in [0.4, 0.5) is 11.9 Å². The second-order valence-corrected chi connectivity index (χ2v) is 7.07. The van der Waals surface area contributed by atoms with Crippen molar-refractivity contribution in [3.05, 3.63) is 71.8 Å². The molecule has 1 N–H and O–H groups in total. The van der Waals surface area contributed by atoms with E-state index in [4.69, 9.17) is 0 Å². The molecular formula is C21H19N5O2. The number of anilines is 2. The molecule has 1 fully saturated rings. The van der Waals surface area contributed by atoms with Crippen LogP contribution in [-0.4, -0.2) is 26.6 Å². The summed E-state index contributed by atoms with van der Waals surface area (Å²) in [7, 11) is 0. The Morgan fingerprint density at radius 2 is 1.46 bits per heavy atom. The summed E-state index contributed by atoms with van der Waals surface area (Å²) in [5.41, 5.74) is 2.27. The molecule has 3 aromatic rings. The van der Waals surface area contributed by atoms with Gasteiger partial charge in [0.2, 0.25) is 17.8 Å². The largest absolute Gasteiger partial charge is 0.347 e. The van der Waals surface area contributed by atoms with E-state index in [1.165, 1.54) is 0 Å². The molecule has 1 aromatic heterocycles. The van der Waals surface area contributed by atoms with E-state index in [-0.39, 0.29) is 42.7 Å². The van der Waals surface area contributed by atoms with Crippen LogP contribution in [0.25, 0.3) is 0 Å². The molecule has 2 aromatic carbocycles. The first-order valence-corrected chi connectivity index (χ1v) is 9.39. The van der Waals surface area contributed by atoms with E-state index in [9.17, 15) is 9.59 Å². The Morgan fingerprint density at radius 1 is 0.857 bits per heavy atom. The molecular weight excluding hydrogens is 354 g/mol. The van der Waals surface area contributed by atoms with Gasteiger partial charge in [0.25, 0.3) is 5.95 Å². The van der Waals surface area contributed by atoms with Gasteiger partial charge in [-0.15, -0.1) is 5.10 Å². The topological polar surface area (TPSA) is 80.1 Å². The van der Waals surface area contributed by atoms with E-state index in [0.29, 0.717) is 5.95 Å². The lowest BCUT2D eigenvalue weighted by Crippen LogP contribution is -2.30. The lowest BCUT2D eigenvalue weighted by Gasteiger charge is -2.31. The fourth-order valence-corrected chi connectivity index (χ4v) is 3.92. The fraction of sp³-hybridized carbons (Fsp3) is 0.238. The monoisotopic (exact) mass is 373 g/mol. The zero-order chi connectivity index (χ0) is 19.1. The van der Waals surface area contributed by atoms with Gasteiger partial charge in [-0.05, 0) is 17.5 Å². The Balaban J connectivity index is 1.58. The van der Waals surface area contributed by atoms with Crippen LogP contribution in [0, 0.1) is 0 Å². The third-order valence-electron chi connectivity index (χ3n) is 5.32. The SMILES string of the molecule is O=C1CCC(=O)N1c1nc2n(n1)[C@H](c1ccccc1)C[C@H](c1ccccc1)N2. The van der Waals surface area contributed by atoms with Crippen molar-refractivity contribution in [2.75, 3.05) is 10.2 Å². The Kier molecular flexibility index (Phi) is 3.93. The van der Waals surface area contributed by atoms with Crippen molar-refractivity contribution in [3.63, 3.8) is 0 Å². The molecule has 0 spiro atoms. The molecule has 0 unspecified atom stereocenters. The highest BCUT2D eigenvalue weighted by Crippen LogP contribution is 2.38. The van der Waals surface area contributed by atoms with Crippen molar-refractivity contribution in [2.24, 2.45) is 0 Å².